The Kier molecular flexibility index (Phi) is 4.11. The highest BCUT2D eigenvalue weighted by molar-refractivity contribution is 5.91. The van der Waals surface area contributed by atoms with Crippen molar-refractivity contribution in [3.05, 3.63) is 65.3 Å². The highest BCUT2D eigenvalue weighted by atomic mass is 16.1. The number of fused-ring (bicyclic) bond motifs is 2. The zero-order valence-corrected chi connectivity index (χ0v) is 16.0. The summed E-state index contributed by atoms with van der Waals surface area (Å²) in [4.78, 5) is 24.0. The predicted octanol–water partition coefficient (Wildman–Crippen LogP) is 3.20. The number of hydrogen-bond donors (Lipinski definition) is 0. The van der Waals surface area contributed by atoms with Gasteiger partial charge < -0.3 is 4.90 Å². The molecule has 28 heavy (non-hydrogen) atoms. The van der Waals surface area contributed by atoms with Crippen LogP contribution in [0.4, 0.5) is 5.69 Å². The van der Waals surface area contributed by atoms with Crippen molar-refractivity contribution >= 4 is 27.8 Å². The van der Waals surface area contributed by atoms with E-state index < -0.39 is 0 Å². The lowest BCUT2D eigenvalue weighted by Gasteiger charge is -2.34. The van der Waals surface area contributed by atoms with Crippen LogP contribution in [0.3, 0.4) is 0 Å². The number of piperidine rings is 1. The number of aromatic nitrogens is 4. The summed E-state index contributed by atoms with van der Waals surface area (Å²) in [7, 11) is 1.82. The molecular weight excluding hydrogens is 350 g/mol. The minimum absolute atomic E-state index is 0.0243. The smallest absolute Gasteiger partial charge is 0.330 e. The fraction of sp³-hybridized carbons (Fsp3) is 0.318. The first-order chi connectivity index (χ1) is 13.7. The second-order valence-electron chi connectivity index (χ2n) is 7.58. The van der Waals surface area contributed by atoms with E-state index in [0.717, 1.165) is 49.2 Å². The average Bonchev–Trinajstić information content (AvgIpc) is 2.99. The number of nitrogens with zero attached hydrogens (tertiary/aromatic N) is 5. The van der Waals surface area contributed by atoms with Gasteiger partial charge in [-0.1, -0.05) is 18.2 Å². The molecule has 1 aliphatic heterocycles. The number of aryl methyl sites for hydroxylation is 1. The highest BCUT2D eigenvalue weighted by Crippen LogP contribution is 2.29. The van der Waals surface area contributed by atoms with Gasteiger partial charge in [0, 0.05) is 50.1 Å². The quantitative estimate of drug-likeness (QED) is 0.553. The number of para-hydroxylation sites is 1. The molecule has 1 aromatic carbocycles. The number of imidazole rings is 1. The van der Waals surface area contributed by atoms with E-state index in [1.54, 1.807) is 10.8 Å². The van der Waals surface area contributed by atoms with Crippen molar-refractivity contribution in [2.24, 2.45) is 13.0 Å². The zero-order valence-electron chi connectivity index (χ0n) is 16.0. The van der Waals surface area contributed by atoms with E-state index in [-0.39, 0.29) is 5.69 Å². The van der Waals surface area contributed by atoms with Gasteiger partial charge in [0.25, 0.3) is 0 Å². The third-order valence-electron chi connectivity index (χ3n) is 5.92. The second-order valence-corrected chi connectivity index (χ2v) is 7.58. The normalized spacial score (nSPS) is 15.5. The van der Waals surface area contributed by atoms with E-state index in [0.29, 0.717) is 5.92 Å². The molecule has 0 amide bonds. The Morgan fingerprint density at radius 3 is 2.68 bits per heavy atom. The summed E-state index contributed by atoms with van der Waals surface area (Å²) < 4.78 is 3.54. The molecule has 0 unspecified atom stereocenters. The first-order valence-corrected chi connectivity index (χ1v) is 9.81. The Balaban J connectivity index is 1.36. The Morgan fingerprint density at radius 2 is 1.82 bits per heavy atom. The number of anilines is 1. The SMILES string of the molecule is Cn1c(=O)n(CC2CCN(c3ccnc4ccccc34)CC2)c2ncccc21. The maximum Gasteiger partial charge on any atom is 0.330 e. The molecule has 3 aromatic heterocycles. The Hall–Kier alpha value is -3.15. The lowest BCUT2D eigenvalue weighted by atomic mass is 9.96. The summed E-state index contributed by atoms with van der Waals surface area (Å²) in [6.07, 6.45) is 5.78. The Morgan fingerprint density at radius 1 is 1.00 bits per heavy atom. The van der Waals surface area contributed by atoms with Crippen LogP contribution in [0.2, 0.25) is 0 Å². The second kappa shape index (κ2) is 6.78. The minimum Gasteiger partial charge on any atom is -0.371 e. The largest absolute Gasteiger partial charge is 0.371 e. The zero-order chi connectivity index (χ0) is 19.1. The number of pyridine rings is 2. The number of rotatable bonds is 3. The maximum atomic E-state index is 12.7. The van der Waals surface area contributed by atoms with Crippen LogP contribution in [0.5, 0.6) is 0 Å². The molecular formula is C22H23N5O. The summed E-state index contributed by atoms with van der Waals surface area (Å²) >= 11 is 0. The van der Waals surface area contributed by atoms with Crippen LogP contribution in [0.1, 0.15) is 12.8 Å². The topological polar surface area (TPSA) is 56.0 Å². The van der Waals surface area contributed by atoms with Gasteiger partial charge in [-0.05, 0) is 43.0 Å². The molecule has 1 aliphatic rings. The van der Waals surface area contributed by atoms with E-state index in [9.17, 15) is 4.79 Å². The molecule has 0 N–H and O–H groups in total. The van der Waals surface area contributed by atoms with Gasteiger partial charge in [0.1, 0.15) is 0 Å². The monoisotopic (exact) mass is 373 g/mol. The van der Waals surface area contributed by atoms with Crippen molar-refractivity contribution in [2.45, 2.75) is 19.4 Å². The van der Waals surface area contributed by atoms with E-state index in [4.69, 9.17) is 0 Å². The molecule has 0 atom stereocenters. The van der Waals surface area contributed by atoms with Gasteiger partial charge >= 0.3 is 5.69 Å². The molecule has 0 spiro atoms. The molecule has 4 heterocycles. The molecule has 1 saturated heterocycles. The minimum atomic E-state index is 0.0243. The van der Waals surface area contributed by atoms with Crippen LogP contribution in [-0.4, -0.2) is 32.2 Å². The van der Waals surface area contributed by atoms with Gasteiger partial charge in [-0.3, -0.25) is 14.1 Å². The molecule has 5 rings (SSSR count). The van der Waals surface area contributed by atoms with Gasteiger partial charge in [0.2, 0.25) is 0 Å². The van der Waals surface area contributed by atoms with Crippen molar-refractivity contribution in [3.8, 4) is 0 Å². The summed E-state index contributed by atoms with van der Waals surface area (Å²) in [5.74, 6) is 0.481. The molecule has 0 bridgehead atoms. The van der Waals surface area contributed by atoms with Crippen LogP contribution in [-0.2, 0) is 13.6 Å². The summed E-state index contributed by atoms with van der Waals surface area (Å²) in [5.41, 5.74) is 4.01. The van der Waals surface area contributed by atoms with Crippen LogP contribution < -0.4 is 10.6 Å². The van der Waals surface area contributed by atoms with Gasteiger partial charge in [-0.25, -0.2) is 9.78 Å². The van der Waals surface area contributed by atoms with Crippen molar-refractivity contribution in [3.63, 3.8) is 0 Å². The van der Waals surface area contributed by atoms with Crippen LogP contribution in [0, 0.1) is 5.92 Å². The first kappa shape index (κ1) is 17.0. The molecule has 0 aliphatic carbocycles. The van der Waals surface area contributed by atoms with Gasteiger partial charge in [-0.2, -0.15) is 0 Å². The maximum absolute atomic E-state index is 12.7. The van der Waals surface area contributed by atoms with Crippen LogP contribution >= 0.6 is 0 Å². The van der Waals surface area contributed by atoms with Gasteiger partial charge in [0.15, 0.2) is 5.65 Å². The molecule has 6 nitrogen and oxygen atoms in total. The number of hydrogen-bond acceptors (Lipinski definition) is 4. The lowest BCUT2D eigenvalue weighted by Crippen LogP contribution is -2.36. The molecule has 6 heteroatoms. The van der Waals surface area contributed by atoms with Crippen molar-refractivity contribution < 1.29 is 0 Å². The Labute approximate surface area is 163 Å². The molecule has 142 valence electrons. The standard InChI is InChI=1S/C22H23N5O/c1-25-20-7-4-11-24-21(20)27(22(25)28)15-16-9-13-26(14-10-16)19-8-12-23-18-6-3-2-5-17(18)19/h2-8,11-12,16H,9-10,13-15H2,1H3. The van der Waals surface area contributed by atoms with Crippen molar-refractivity contribution in [1.29, 1.82) is 0 Å². The summed E-state index contributed by atoms with van der Waals surface area (Å²) in [6.45, 7) is 2.72. The van der Waals surface area contributed by atoms with Crippen molar-refractivity contribution in [1.82, 2.24) is 19.1 Å². The van der Waals surface area contributed by atoms with E-state index >= 15 is 0 Å². The summed E-state index contributed by atoms with van der Waals surface area (Å²) in [6, 6.07) is 14.3. The molecule has 1 fully saturated rings. The van der Waals surface area contributed by atoms with E-state index in [2.05, 4.69) is 39.1 Å². The molecule has 4 aromatic rings. The average molecular weight is 373 g/mol. The van der Waals surface area contributed by atoms with Gasteiger partial charge in [-0.15, -0.1) is 0 Å². The fourth-order valence-corrected chi connectivity index (χ4v) is 4.37. The third kappa shape index (κ3) is 2.76. The molecule has 0 saturated carbocycles. The predicted molar refractivity (Wildman–Crippen MR) is 112 cm³/mol. The van der Waals surface area contributed by atoms with E-state index in [1.165, 1.54) is 11.1 Å². The first-order valence-electron chi connectivity index (χ1n) is 9.81. The fourth-order valence-electron chi connectivity index (χ4n) is 4.37. The summed E-state index contributed by atoms with van der Waals surface area (Å²) in [5, 5.41) is 1.21. The number of benzene rings is 1. The van der Waals surface area contributed by atoms with Crippen LogP contribution in [0.25, 0.3) is 22.1 Å². The van der Waals surface area contributed by atoms with E-state index in [1.807, 2.05) is 36.0 Å². The van der Waals surface area contributed by atoms with Crippen molar-refractivity contribution in [2.75, 3.05) is 18.0 Å². The highest BCUT2D eigenvalue weighted by Gasteiger charge is 2.23. The molecule has 0 radical (unpaired) electrons. The van der Waals surface area contributed by atoms with Gasteiger partial charge in [0.05, 0.1) is 11.0 Å². The lowest BCUT2D eigenvalue weighted by molar-refractivity contribution is 0.355. The third-order valence-corrected chi connectivity index (χ3v) is 5.92. The van der Waals surface area contributed by atoms with Crippen LogP contribution in [0.15, 0.2) is 59.7 Å². The Bertz CT molecular complexity index is 1200.